The molecule has 18 heavy (non-hydrogen) atoms. The fraction of sp³-hybridized carbons (Fsp3) is 0.400. The van der Waals surface area contributed by atoms with Crippen molar-refractivity contribution < 1.29 is 4.39 Å². The minimum absolute atomic E-state index is 0.129. The summed E-state index contributed by atoms with van der Waals surface area (Å²) in [5, 5.41) is 0. The fourth-order valence-electron chi connectivity index (χ4n) is 2.74. The average Bonchev–Trinajstić information content (AvgIpc) is 2.69. The number of hydrogen-bond donors (Lipinski definition) is 0. The smallest absolute Gasteiger partial charge is 0.128 e. The highest BCUT2D eigenvalue weighted by molar-refractivity contribution is 5.24. The van der Waals surface area contributed by atoms with Gasteiger partial charge in [-0.05, 0) is 38.7 Å². The van der Waals surface area contributed by atoms with E-state index < -0.39 is 0 Å². The molecule has 2 nitrogen and oxygen atoms in total. The molecule has 0 aliphatic heterocycles. The van der Waals surface area contributed by atoms with Crippen molar-refractivity contribution in [2.75, 3.05) is 0 Å². The van der Waals surface area contributed by atoms with Crippen molar-refractivity contribution >= 4 is 0 Å². The van der Waals surface area contributed by atoms with E-state index in [1.54, 1.807) is 6.07 Å². The Balaban J connectivity index is 1.98. The molecule has 0 amide bonds. The highest BCUT2D eigenvalue weighted by Gasteiger charge is 2.18. The molecule has 0 radical (unpaired) electrons. The van der Waals surface area contributed by atoms with E-state index in [2.05, 4.69) is 9.55 Å². The SMILES string of the molecule is Cc1nc2c(n1Cc1ccccc1F)CCCC2. The minimum Gasteiger partial charge on any atom is -0.327 e. The molecule has 1 aliphatic rings. The normalized spacial score (nSPS) is 14.6. The number of hydrogen-bond acceptors (Lipinski definition) is 1. The lowest BCUT2D eigenvalue weighted by atomic mass is 10.0. The Morgan fingerprint density at radius 2 is 2.00 bits per heavy atom. The third kappa shape index (κ3) is 1.94. The number of nitrogens with zero attached hydrogens (tertiary/aromatic N) is 2. The quantitative estimate of drug-likeness (QED) is 0.793. The Hall–Kier alpha value is -1.64. The van der Waals surface area contributed by atoms with E-state index in [0.717, 1.165) is 24.2 Å². The van der Waals surface area contributed by atoms with Crippen molar-refractivity contribution in [2.45, 2.75) is 39.2 Å². The van der Waals surface area contributed by atoms with Gasteiger partial charge in [-0.2, -0.15) is 0 Å². The first-order valence-corrected chi connectivity index (χ1v) is 6.54. The van der Waals surface area contributed by atoms with Gasteiger partial charge in [0.05, 0.1) is 12.2 Å². The molecule has 0 unspecified atom stereocenters. The molecule has 2 aromatic rings. The van der Waals surface area contributed by atoms with E-state index in [4.69, 9.17) is 0 Å². The lowest BCUT2D eigenvalue weighted by Gasteiger charge is -2.15. The van der Waals surface area contributed by atoms with Crippen LogP contribution in [0.1, 0.15) is 35.6 Å². The van der Waals surface area contributed by atoms with Gasteiger partial charge in [0.2, 0.25) is 0 Å². The van der Waals surface area contributed by atoms with Crippen LogP contribution in [-0.2, 0) is 19.4 Å². The largest absolute Gasteiger partial charge is 0.327 e. The third-order valence-corrected chi connectivity index (χ3v) is 3.71. The number of imidazole rings is 1. The van der Waals surface area contributed by atoms with Crippen LogP contribution in [0.25, 0.3) is 0 Å². The summed E-state index contributed by atoms with van der Waals surface area (Å²) in [5.74, 6) is 0.875. The molecule has 0 saturated carbocycles. The van der Waals surface area contributed by atoms with Crippen molar-refractivity contribution in [3.63, 3.8) is 0 Å². The van der Waals surface area contributed by atoms with E-state index >= 15 is 0 Å². The molecule has 0 spiro atoms. The van der Waals surface area contributed by atoms with Crippen LogP contribution in [0.2, 0.25) is 0 Å². The molecule has 0 bridgehead atoms. The molecular weight excluding hydrogens is 227 g/mol. The zero-order valence-corrected chi connectivity index (χ0v) is 10.6. The van der Waals surface area contributed by atoms with Crippen molar-refractivity contribution in [2.24, 2.45) is 0 Å². The fourth-order valence-corrected chi connectivity index (χ4v) is 2.74. The number of rotatable bonds is 2. The number of benzene rings is 1. The molecule has 94 valence electrons. The molecule has 1 aromatic carbocycles. The Kier molecular flexibility index (Phi) is 2.90. The van der Waals surface area contributed by atoms with Gasteiger partial charge in [-0.25, -0.2) is 9.37 Å². The summed E-state index contributed by atoms with van der Waals surface area (Å²) in [5.41, 5.74) is 3.27. The van der Waals surface area contributed by atoms with Crippen molar-refractivity contribution in [1.82, 2.24) is 9.55 Å². The molecule has 3 heteroatoms. The Morgan fingerprint density at radius 3 is 2.83 bits per heavy atom. The Labute approximate surface area is 106 Å². The maximum atomic E-state index is 13.7. The van der Waals surface area contributed by atoms with E-state index in [-0.39, 0.29) is 5.82 Å². The highest BCUT2D eigenvalue weighted by atomic mass is 19.1. The number of fused-ring (bicyclic) bond motifs is 1. The van der Waals surface area contributed by atoms with Crippen molar-refractivity contribution in [1.29, 1.82) is 0 Å². The second-order valence-electron chi connectivity index (χ2n) is 4.94. The average molecular weight is 244 g/mol. The second kappa shape index (κ2) is 4.56. The van der Waals surface area contributed by atoms with Crippen LogP contribution < -0.4 is 0 Å². The van der Waals surface area contributed by atoms with Crippen LogP contribution in [-0.4, -0.2) is 9.55 Å². The van der Waals surface area contributed by atoms with Crippen LogP contribution in [0.5, 0.6) is 0 Å². The standard InChI is InChI=1S/C15H17FN2/c1-11-17-14-8-4-5-9-15(14)18(11)10-12-6-2-3-7-13(12)16/h2-3,6-7H,4-5,8-10H2,1H3. The van der Waals surface area contributed by atoms with Crippen LogP contribution in [0.15, 0.2) is 24.3 Å². The Morgan fingerprint density at radius 1 is 1.22 bits per heavy atom. The first-order chi connectivity index (χ1) is 8.75. The summed E-state index contributed by atoms with van der Waals surface area (Å²) < 4.78 is 15.9. The van der Waals surface area contributed by atoms with Gasteiger partial charge in [0.25, 0.3) is 0 Å². The van der Waals surface area contributed by atoms with Crippen LogP contribution in [0, 0.1) is 12.7 Å². The van der Waals surface area contributed by atoms with E-state index in [1.165, 1.54) is 30.3 Å². The van der Waals surface area contributed by atoms with E-state index in [1.807, 2.05) is 19.1 Å². The maximum absolute atomic E-state index is 13.7. The van der Waals surface area contributed by atoms with Gasteiger partial charge in [0, 0.05) is 11.3 Å². The van der Waals surface area contributed by atoms with Gasteiger partial charge in [-0.1, -0.05) is 18.2 Å². The monoisotopic (exact) mass is 244 g/mol. The molecule has 0 N–H and O–H groups in total. The van der Waals surface area contributed by atoms with Crippen LogP contribution in [0.3, 0.4) is 0 Å². The summed E-state index contributed by atoms with van der Waals surface area (Å²) >= 11 is 0. The van der Waals surface area contributed by atoms with Gasteiger partial charge in [-0.15, -0.1) is 0 Å². The molecule has 1 heterocycles. The lowest BCUT2D eigenvalue weighted by Crippen LogP contribution is -2.11. The summed E-state index contributed by atoms with van der Waals surface area (Å²) in [6, 6.07) is 6.99. The van der Waals surface area contributed by atoms with Crippen molar-refractivity contribution in [3.8, 4) is 0 Å². The molecule has 0 saturated heterocycles. The first kappa shape index (κ1) is 11.5. The minimum atomic E-state index is -0.129. The van der Waals surface area contributed by atoms with Gasteiger partial charge in [0.15, 0.2) is 0 Å². The van der Waals surface area contributed by atoms with Gasteiger partial charge in [-0.3, -0.25) is 0 Å². The van der Waals surface area contributed by atoms with Gasteiger partial charge >= 0.3 is 0 Å². The van der Waals surface area contributed by atoms with Crippen molar-refractivity contribution in [3.05, 3.63) is 52.9 Å². The van der Waals surface area contributed by atoms with Crippen LogP contribution >= 0.6 is 0 Å². The van der Waals surface area contributed by atoms with E-state index in [0.29, 0.717) is 6.54 Å². The third-order valence-electron chi connectivity index (χ3n) is 3.71. The Bertz CT molecular complexity index is 572. The van der Waals surface area contributed by atoms with E-state index in [9.17, 15) is 4.39 Å². The predicted molar refractivity (Wildman–Crippen MR) is 69.1 cm³/mol. The molecule has 1 aliphatic carbocycles. The number of halogens is 1. The topological polar surface area (TPSA) is 17.8 Å². The zero-order valence-electron chi connectivity index (χ0n) is 10.6. The molecular formula is C15H17FN2. The lowest BCUT2D eigenvalue weighted by molar-refractivity contribution is 0.582. The maximum Gasteiger partial charge on any atom is 0.128 e. The number of aromatic nitrogens is 2. The summed E-state index contributed by atoms with van der Waals surface area (Å²) in [6.07, 6.45) is 4.59. The second-order valence-corrected chi connectivity index (χ2v) is 4.94. The van der Waals surface area contributed by atoms with Gasteiger partial charge in [0.1, 0.15) is 11.6 Å². The molecule has 3 rings (SSSR count). The molecule has 1 aromatic heterocycles. The summed E-state index contributed by atoms with van der Waals surface area (Å²) in [6.45, 7) is 2.61. The molecule has 0 fully saturated rings. The van der Waals surface area contributed by atoms with Crippen LogP contribution in [0.4, 0.5) is 4.39 Å². The summed E-state index contributed by atoms with van der Waals surface area (Å²) in [7, 11) is 0. The molecule has 0 atom stereocenters. The number of aryl methyl sites for hydroxylation is 2. The zero-order chi connectivity index (χ0) is 12.5. The highest BCUT2D eigenvalue weighted by Crippen LogP contribution is 2.23. The summed E-state index contributed by atoms with van der Waals surface area (Å²) in [4.78, 5) is 4.62. The van der Waals surface area contributed by atoms with Gasteiger partial charge < -0.3 is 4.57 Å². The first-order valence-electron chi connectivity index (χ1n) is 6.54. The predicted octanol–water partition coefficient (Wildman–Crippen LogP) is 3.26.